The molecule has 1 unspecified atom stereocenters. The van der Waals surface area contributed by atoms with Gasteiger partial charge in [-0.3, -0.25) is 14.4 Å². The number of nitrogens with one attached hydrogen (secondary N) is 1. The zero-order chi connectivity index (χ0) is 25.4. The summed E-state index contributed by atoms with van der Waals surface area (Å²) in [4.78, 5) is 51.9. The van der Waals surface area contributed by atoms with Crippen LogP contribution in [0.2, 0.25) is 0 Å². The molecule has 3 aromatic carbocycles. The molecular weight excluding hydrogens is 451 g/mol. The van der Waals surface area contributed by atoms with E-state index in [0.717, 1.165) is 33.7 Å². The van der Waals surface area contributed by atoms with Gasteiger partial charge in [0.25, 0.3) is 17.7 Å². The van der Waals surface area contributed by atoms with E-state index in [0.29, 0.717) is 5.69 Å². The van der Waals surface area contributed by atoms with Gasteiger partial charge in [0, 0.05) is 5.69 Å². The Morgan fingerprint density at radius 1 is 0.886 bits per heavy atom. The van der Waals surface area contributed by atoms with Gasteiger partial charge in [0.2, 0.25) is 0 Å². The first kappa shape index (κ1) is 23.8. The lowest BCUT2D eigenvalue weighted by Gasteiger charge is -2.17. The van der Waals surface area contributed by atoms with Crippen LogP contribution in [0, 0.1) is 26.6 Å². The van der Waals surface area contributed by atoms with Gasteiger partial charge in [0.1, 0.15) is 5.82 Å². The standard InChI is InChI=1S/C27H23FN2O5/c1-14-11-15(2)23(16(3)12-14)29-24(31)17(4)35-27(34)18-5-10-21-22(13-18)26(33)30(25(21)32)20-8-6-19(28)7-9-20/h5-13,17H,1-4H3,(H,29,31). The van der Waals surface area contributed by atoms with Crippen LogP contribution in [0.3, 0.4) is 0 Å². The molecule has 1 atom stereocenters. The number of nitrogens with zero attached hydrogens (tertiary/aromatic N) is 1. The lowest BCUT2D eigenvalue weighted by molar-refractivity contribution is -0.123. The molecule has 1 aliphatic heterocycles. The zero-order valence-corrected chi connectivity index (χ0v) is 19.6. The summed E-state index contributed by atoms with van der Waals surface area (Å²) in [7, 11) is 0. The number of imide groups is 1. The van der Waals surface area contributed by atoms with Crippen LogP contribution in [0.15, 0.2) is 54.6 Å². The van der Waals surface area contributed by atoms with Gasteiger partial charge in [0.05, 0.1) is 22.4 Å². The van der Waals surface area contributed by atoms with E-state index in [9.17, 15) is 23.6 Å². The normalized spacial score (nSPS) is 13.5. The smallest absolute Gasteiger partial charge is 0.338 e. The molecule has 0 saturated carbocycles. The molecular formula is C27H23FN2O5. The number of carbonyl (C=O) groups is 4. The van der Waals surface area contributed by atoms with Crippen LogP contribution in [0.1, 0.15) is 54.7 Å². The van der Waals surface area contributed by atoms with E-state index in [4.69, 9.17) is 4.74 Å². The van der Waals surface area contributed by atoms with Gasteiger partial charge < -0.3 is 10.1 Å². The molecule has 35 heavy (non-hydrogen) atoms. The molecule has 0 radical (unpaired) electrons. The monoisotopic (exact) mass is 474 g/mol. The Morgan fingerprint density at radius 2 is 1.49 bits per heavy atom. The summed E-state index contributed by atoms with van der Waals surface area (Å²) in [6.07, 6.45) is -1.11. The van der Waals surface area contributed by atoms with Crippen LogP contribution < -0.4 is 10.2 Å². The second-order valence-corrected chi connectivity index (χ2v) is 8.49. The summed E-state index contributed by atoms with van der Waals surface area (Å²) in [6.45, 7) is 7.17. The van der Waals surface area contributed by atoms with Crippen LogP contribution in [0.25, 0.3) is 0 Å². The largest absolute Gasteiger partial charge is 0.449 e. The minimum atomic E-state index is -1.11. The fourth-order valence-electron chi connectivity index (χ4n) is 4.08. The Labute approximate surface area is 201 Å². The summed E-state index contributed by atoms with van der Waals surface area (Å²) < 4.78 is 18.6. The van der Waals surface area contributed by atoms with Gasteiger partial charge in [-0.05, 0) is 81.3 Å². The first-order valence-corrected chi connectivity index (χ1v) is 10.9. The second kappa shape index (κ2) is 9.13. The van der Waals surface area contributed by atoms with Crippen LogP contribution in [-0.2, 0) is 9.53 Å². The average Bonchev–Trinajstić information content (AvgIpc) is 3.06. The molecule has 3 aromatic rings. The summed E-state index contributed by atoms with van der Waals surface area (Å²) in [5.74, 6) is -3.02. The van der Waals surface area contributed by atoms with Crippen molar-refractivity contribution in [1.82, 2.24) is 0 Å². The van der Waals surface area contributed by atoms with Crippen LogP contribution in [-0.4, -0.2) is 29.8 Å². The Hall–Kier alpha value is -4.33. The lowest BCUT2D eigenvalue weighted by atomic mass is 10.0. The van der Waals surface area contributed by atoms with Gasteiger partial charge in [-0.25, -0.2) is 14.1 Å². The first-order valence-electron chi connectivity index (χ1n) is 10.9. The molecule has 7 nitrogen and oxygen atoms in total. The number of benzene rings is 3. The maximum absolute atomic E-state index is 13.2. The quantitative estimate of drug-likeness (QED) is 0.426. The van der Waals surface area contributed by atoms with Gasteiger partial charge in [-0.15, -0.1) is 0 Å². The van der Waals surface area contributed by atoms with Crippen LogP contribution >= 0.6 is 0 Å². The predicted octanol–water partition coefficient (Wildman–Crippen LogP) is 4.74. The molecule has 1 N–H and O–H groups in total. The van der Waals surface area contributed by atoms with Crippen molar-refractivity contribution in [2.24, 2.45) is 0 Å². The maximum atomic E-state index is 13.2. The Bertz CT molecular complexity index is 1360. The number of ether oxygens (including phenoxy) is 1. The first-order chi connectivity index (χ1) is 16.6. The lowest BCUT2D eigenvalue weighted by Crippen LogP contribution is -2.30. The highest BCUT2D eigenvalue weighted by atomic mass is 19.1. The van der Waals surface area contributed by atoms with Gasteiger partial charge in [0.15, 0.2) is 6.10 Å². The van der Waals surface area contributed by atoms with E-state index in [2.05, 4.69) is 5.32 Å². The van der Waals surface area contributed by atoms with Crippen molar-refractivity contribution in [3.8, 4) is 0 Å². The summed E-state index contributed by atoms with van der Waals surface area (Å²) in [5, 5.41) is 2.80. The second-order valence-electron chi connectivity index (χ2n) is 8.49. The summed E-state index contributed by atoms with van der Waals surface area (Å²) >= 11 is 0. The molecule has 8 heteroatoms. The van der Waals surface area contributed by atoms with Gasteiger partial charge in [-0.1, -0.05) is 17.7 Å². The average molecular weight is 474 g/mol. The molecule has 3 amide bonds. The highest BCUT2D eigenvalue weighted by molar-refractivity contribution is 6.34. The molecule has 178 valence electrons. The number of rotatable bonds is 5. The molecule has 0 aliphatic carbocycles. The topological polar surface area (TPSA) is 92.8 Å². The number of amides is 3. The van der Waals surface area contributed by atoms with Crippen molar-refractivity contribution in [3.05, 3.63) is 93.8 Å². The predicted molar refractivity (Wildman–Crippen MR) is 128 cm³/mol. The Kier molecular flexibility index (Phi) is 6.22. The molecule has 4 rings (SSSR count). The maximum Gasteiger partial charge on any atom is 0.338 e. The molecule has 0 spiro atoms. The zero-order valence-electron chi connectivity index (χ0n) is 19.6. The third kappa shape index (κ3) is 4.55. The Balaban J connectivity index is 1.49. The number of hydrogen-bond acceptors (Lipinski definition) is 5. The van der Waals surface area contributed by atoms with E-state index >= 15 is 0 Å². The fraction of sp³-hybridized carbons (Fsp3) is 0.185. The highest BCUT2D eigenvalue weighted by Gasteiger charge is 2.37. The highest BCUT2D eigenvalue weighted by Crippen LogP contribution is 2.29. The number of carbonyl (C=O) groups excluding carboxylic acids is 4. The molecule has 1 aliphatic rings. The molecule has 0 saturated heterocycles. The number of fused-ring (bicyclic) bond motifs is 1. The minimum absolute atomic E-state index is 0.0215. The summed E-state index contributed by atoms with van der Waals surface area (Å²) in [6, 6.07) is 12.8. The fourth-order valence-corrected chi connectivity index (χ4v) is 4.08. The van der Waals surface area contributed by atoms with Crippen molar-refractivity contribution < 1.29 is 28.3 Å². The number of aryl methyl sites for hydroxylation is 3. The number of hydrogen-bond donors (Lipinski definition) is 1. The van der Waals surface area contributed by atoms with E-state index in [1.807, 2.05) is 32.9 Å². The molecule has 0 fully saturated rings. The molecule has 1 heterocycles. The number of esters is 1. The van der Waals surface area contributed by atoms with E-state index in [1.165, 1.54) is 37.3 Å². The third-order valence-corrected chi connectivity index (χ3v) is 5.79. The van der Waals surface area contributed by atoms with Crippen molar-refractivity contribution in [2.45, 2.75) is 33.8 Å². The SMILES string of the molecule is Cc1cc(C)c(NC(=O)C(C)OC(=O)c2ccc3c(c2)C(=O)N(c2ccc(F)cc2)C3=O)c(C)c1. The van der Waals surface area contributed by atoms with Crippen molar-refractivity contribution in [3.63, 3.8) is 0 Å². The van der Waals surface area contributed by atoms with Crippen molar-refractivity contribution in [2.75, 3.05) is 10.2 Å². The van der Waals surface area contributed by atoms with E-state index in [1.54, 1.807) is 0 Å². The Morgan fingerprint density at radius 3 is 2.11 bits per heavy atom. The molecule has 0 aromatic heterocycles. The third-order valence-electron chi connectivity index (χ3n) is 5.79. The molecule has 0 bridgehead atoms. The van der Waals surface area contributed by atoms with E-state index in [-0.39, 0.29) is 22.4 Å². The van der Waals surface area contributed by atoms with Crippen molar-refractivity contribution in [1.29, 1.82) is 0 Å². The van der Waals surface area contributed by atoms with Crippen LogP contribution in [0.5, 0.6) is 0 Å². The van der Waals surface area contributed by atoms with Crippen molar-refractivity contribution >= 4 is 35.1 Å². The number of anilines is 2. The van der Waals surface area contributed by atoms with Gasteiger partial charge >= 0.3 is 5.97 Å². The van der Waals surface area contributed by atoms with E-state index < -0.39 is 35.6 Å². The number of halogens is 1. The minimum Gasteiger partial charge on any atom is -0.449 e. The summed E-state index contributed by atoms with van der Waals surface area (Å²) in [5.41, 5.74) is 3.89. The van der Waals surface area contributed by atoms with Crippen LogP contribution in [0.4, 0.5) is 15.8 Å². The van der Waals surface area contributed by atoms with Gasteiger partial charge in [-0.2, -0.15) is 0 Å².